The first-order valence-corrected chi connectivity index (χ1v) is 5.17. The summed E-state index contributed by atoms with van der Waals surface area (Å²) < 4.78 is 12.6. The van der Waals surface area contributed by atoms with Gasteiger partial charge in [-0.15, -0.1) is 12.3 Å². The monoisotopic (exact) mass is 219 g/mol. The number of nitrogens with one attached hydrogen (secondary N) is 1. The molecule has 0 saturated heterocycles. The quantitative estimate of drug-likeness (QED) is 0.774. The Bertz CT molecular complexity index is 391. The number of terminal acetylenes is 1. The molecule has 3 heteroatoms. The van der Waals surface area contributed by atoms with Crippen LogP contribution in [0, 0.1) is 18.2 Å². The number of amides is 1. The van der Waals surface area contributed by atoms with Crippen LogP contribution >= 0.6 is 0 Å². The Morgan fingerprint density at radius 1 is 1.50 bits per heavy atom. The van der Waals surface area contributed by atoms with E-state index >= 15 is 0 Å². The van der Waals surface area contributed by atoms with Gasteiger partial charge < -0.3 is 5.32 Å². The van der Waals surface area contributed by atoms with Crippen molar-refractivity contribution in [3.63, 3.8) is 0 Å². The summed E-state index contributed by atoms with van der Waals surface area (Å²) >= 11 is 0. The molecule has 1 amide bonds. The minimum atomic E-state index is -0.354. The lowest BCUT2D eigenvalue weighted by molar-refractivity contribution is 0.0936. The molecular formula is C13H14FNO. The summed E-state index contributed by atoms with van der Waals surface area (Å²) in [6, 6.07) is 5.40. The fraction of sp³-hybridized carbons (Fsp3) is 0.308. The summed E-state index contributed by atoms with van der Waals surface area (Å²) in [5.74, 6) is 1.94. The van der Waals surface area contributed by atoms with Crippen LogP contribution in [0.25, 0.3) is 0 Å². The number of rotatable bonds is 4. The third-order valence-electron chi connectivity index (χ3n) is 2.30. The summed E-state index contributed by atoms with van der Waals surface area (Å²) in [7, 11) is 0. The van der Waals surface area contributed by atoms with Crippen molar-refractivity contribution >= 4 is 5.91 Å². The number of benzene rings is 1. The summed E-state index contributed by atoms with van der Waals surface area (Å²) in [5, 5.41) is 2.80. The Morgan fingerprint density at radius 3 is 2.62 bits per heavy atom. The van der Waals surface area contributed by atoms with Crippen LogP contribution in [0.4, 0.5) is 4.39 Å². The fourth-order valence-corrected chi connectivity index (χ4v) is 1.31. The lowest BCUT2D eigenvalue weighted by Crippen LogP contribution is -2.34. The highest BCUT2D eigenvalue weighted by molar-refractivity contribution is 5.94. The average Bonchev–Trinajstić information content (AvgIpc) is 2.29. The molecule has 84 valence electrons. The van der Waals surface area contributed by atoms with E-state index in [9.17, 15) is 9.18 Å². The van der Waals surface area contributed by atoms with Crippen LogP contribution in [0.2, 0.25) is 0 Å². The largest absolute Gasteiger partial charge is 0.348 e. The Balaban J connectivity index is 2.65. The van der Waals surface area contributed by atoms with Crippen LogP contribution < -0.4 is 5.32 Å². The first kappa shape index (κ1) is 12.3. The van der Waals surface area contributed by atoms with E-state index in [1.165, 1.54) is 24.3 Å². The Labute approximate surface area is 94.9 Å². The van der Waals surface area contributed by atoms with Crippen LogP contribution in [0.1, 0.15) is 30.1 Å². The van der Waals surface area contributed by atoms with Crippen molar-refractivity contribution in [1.29, 1.82) is 0 Å². The highest BCUT2D eigenvalue weighted by atomic mass is 19.1. The summed E-state index contributed by atoms with van der Waals surface area (Å²) in [5.41, 5.74) is 0.442. The molecule has 0 aliphatic heterocycles. The molecule has 1 rings (SSSR count). The minimum absolute atomic E-state index is 0.0254. The number of carbonyl (C=O) groups is 1. The van der Waals surface area contributed by atoms with Crippen molar-refractivity contribution < 1.29 is 9.18 Å². The molecule has 0 heterocycles. The molecule has 1 N–H and O–H groups in total. The van der Waals surface area contributed by atoms with Crippen LogP contribution in [0.5, 0.6) is 0 Å². The van der Waals surface area contributed by atoms with Gasteiger partial charge in [0.25, 0.3) is 5.91 Å². The molecule has 1 atom stereocenters. The first-order chi connectivity index (χ1) is 7.67. The van der Waals surface area contributed by atoms with Gasteiger partial charge in [0.2, 0.25) is 0 Å². The maximum absolute atomic E-state index is 12.6. The summed E-state index contributed by atoms with van der Waals surface area (Å²) in [6.45, 7) is 1.95. The molecule has 0 saturated carbocycles. The summed E-state index contributed by atoms with van der Waals surface area (Å²) in [4.78, 5) is 11.7. The topological polar surface area (TPSA) is 29.1 Å². The highest BCUT2D eigenvalue weighted by Crippen LogP contribution is 2.04. The van der Waals surface area contributed by atoms with Crippen molar-refractivity contribution in [2.45, 2.75) is 25.8 Å². The lowest BCUT2D eigenvalue weighted by Gasteiger charge is -2.13. The Kier molecular flexibility index (Phi) is 4.53. The van der Waals surface area contributed by atoms with Crippen LogP contribution in [0.15, 0.2) is 24.3 Å². The molecule has 0 bridgehead atoms. The molecule has 1 aromatic rings. The standard InChI is InChI=1S/C13H14FNO/c1-3-5-12(4-2)15-13(16)10-6-8-11(14)9-7-10/h1,6-9,12H,4-5H2,2H3,(H,15,16). The number of hydrogen-bond donors (Lipinski definition) is 1. The SMILES string of the molecule is C#CCC(CC)NC(=O)c1ccc(F)cc1. The van der Waals surface area contributed by atoms with Gasteiger partial charge in [-0.3, -0.25) is 4.79 Å². The lowest BCUT2D eigenvalue weighted by atomic mass is 10.1. The van der Waals surface area contributed by atoms with E-state index in [4.69, 9.17) is 6.42 Å². The predicted octanol–water partition coefficient (Wildman–Crippen LogP) is 2.36. The second-order valence-corrected chi connectivity index (χ2v) is 3.49. The Morgan fingerprint density at radius 2 is 2.12 bits per heavy atom. The smallest absolute Gasteiger partial charge is 0.251 e. The number of halogens is 1. The minimum Gasteiger partial charge on any atom is -0.348 e. The molecule has 0 fully saturated rings. The van der Waals surface area contributed by atoms with Crippen LogP contribution in [0.3, 0.4) is 0 Å². The third kappa shape index (κ3) is 3.39. The van der Waals surface area contributed by atoms with Crippen LogP contribution in [-0.2, 0) is 0 Å². The highest BCUT2D eigenvalue weighted by Gasteiger charge is 2.10. The molecule has 1 aromatic carbocycles. The van der Waals surface area contributed by atoms with Crippen molar-refractivity contribution in [1.82, 2.24) is 5.32 Å². The molecule has 0 aromatic heterocycles. The van der Waals surface area contributed by atoms with Gasteiger partial charge in [0, 0.05) is 18.0 Å². The van der Waals surface area contributed by atoms with E-state index in [0.717, 1.165) is 6.42 Å². The van der Waals surface area contributed by atoms with Crippen molar-refractivity contribution in [3.05, 3.63) is 35.6 Å². The van der Waals surface area contributed by atoms with Gasteiger partial charge in [0.15, 0.2) is 0 Å². The van der Waals surface area contributed by atoms with Crippen molar-refractivity contribution in [3.8, 4) is 12.3 Å². The normalized spacial score (nSPS) is 11.6. The first-order valence-electron chi connectivity index (χ1n) is 5.17. The second kappa shape index (κ2) is 5.92. The van der Waals surface area contributed by atoms with Crippen molar-refractivity contribution in [2.24, 2.45) is 0 Å². The predicted molar refractivity (Wildman–Crippen MR) is 61.4 cm³/mol. The molecular weight excluding hydrogens is 205 g/mol. The van der Waals surface area contributed by atoms with E-state index in [1.54, 1.807) is 0 Å². The van der Waals surface area contributed by atoms with Gasteiger partial charge in [0.05, 0.1) is 0 Å². The van der Waals surface area contributed by atoms with E-state index < -0.39 is 0 Å². The van der Waals surface area contributed by atoms with E-state index in [2.05, 4.69) is 11.2 Å². The van der Waals surface area contributed by atoms with E-state index in [-0.39, 0.29) is 17.8 Å². The maximum atomic E-state index is 12.6. The molecule has 0 aliphatic rings. The molecule has 16 heavy (non-hydrogen) atoms. The second-order valence-electron chi connectivity index (χ2n) is 3.49. The van der Waals surface area contributed by atoms with E-state index in [1.807, 2.05) is 6.92 Å². The van der Waals surface area contributed by atoms with Gasteiger partial charge >= 0.3 is 0 Å². The van der Waals surface area contributed by atoms with Gasteiger partial charge in [-0.05, 0) is 30.7 Å². The number of carbonyl (C=O) groups excluding carboxylic acids is 1. The molecule has 2 nitrogen and oxygen atoms in total. The molecule has 0 aliphatic carbocycles. The van der Waals surface area contributed by atoms with Crippen molar-refractivity contribution in [2.75, 3.05) is 0 Å². The zero-order valence-electron chi connectivity index (χ0n) is 9.16. The molecule has 0 radical (unpaired) electrons. The van der Waals surface area contributed by atoms with E-state index in [0.29, 0.717) is 12.0 Å². The maximum Gasteiger partial charge on any atom is 0.251 e. The third-order valence-corrected chi connectivity index (χ3v) is 2.30. The summed E-state index contributed by atoms with van der Waals surface area (Å²) in [6.07, 6.45) is 6.47. The van der Waals surface area contributed by atoms with Gasteiger partial charge in [-0.2, -0.15) is 0 Å². The van der Waals surface area contributed by atoms with Gasteiger partial charge in [-0.25, -0.2) is 4.39 Å². The zero-order valence-corrected chi connectivity index (χ0v) is 9.16. The van der Waals surface area contributed by atoms with Crippen LogP contribution in [-0.4, -0.2) is 11.9 Å². The molecule has 1 unspecified atom stereocenters. The molecule has 0 spiro atoms. The Hall–Kier alpha value is -1.82. The average molecular weight is 219 g/mol. The zero-order chi connectivity index (χ0) is 12.0. The number of hydrogen-bond acceptors (Lipinski definition) is 1. The van der Waals surface area contributed by atoms with Gasteiger partial charge in [-0.1, -0.05) is 6.92 Å². The fourth-order valence-electron chi connectivity index (χ4n) is 1.31. The van der Waals surface area contributed by atoms with Gasteiger partial charge in [0.1, 0.15) is 5.82 Å².